The monoisotopic (exact) mass is 415 g/mol. The lowest BCUT2D eigenvalue weighted by Crippen LogP contribution is -2.48. The number of hydrogen-bond acceptors (Lipinski definition) is 5. The first-order valence-electron chi connectivity index (χ1n) is 9.07. The van der Waals surface area contributed by atoms with E-state index >= 15 is 0 Å². The average Bonchev–Trinajstić information content (AvgIpc) is 3.26. The van der Waals surface area contributed by atoms with Crippen molar-refractivity contribution in [1.29, 1.82) is 0 Å². The zero-order valence-corrected chi connectivity index (χ0v) is 17.3. The Morgan fingerprint density at radius 3 is 2.68 bits per heavy atom. The number of nitrogens with one attached hydrogen (secondary N) is 1. The predicted octanol–water partition coefficient (Wildman–Crippen LogP) is 3.21. The van der Waals surface area contributed by atoms with E-state index in [9.17, 15) is 14.4 Å². The van der Waals surface area contributed by atoms with E-state index in [0.29, 0.717) is 22.7 Å². The number of aryl methyl sites for hydroxylation is 1. The fourth-order valence-electron chi connectivity index (χ4n) is 4.03. The molecule has 8 heteroatoms. The quantitative estimate of drug-likeness (QED) is 0.802. The fraction of sp³-hybridized carbons (Fsp3) is 0.350. The Bertz CT molecular complexity index is 973. The summed E-state index contributed by atoms with van der Waals surface area (Å²) in [6.07, 6.45) is 1.22. The molecule has 4 rings (SSSR count). The Morgan fingerprint density at radius 1 is 1.29 bits per heavy atom. The number of rotatable bonds is 4. The highest BCUT2D eigenvalue weighted by Crippen LogP contribution is 2.47. The van der Waals surface area contributed by atoms with Gasteiger partial charge in [-0.3, -0.25) is 14.4 Å². The first kappa shape index (κ1) is 19.0. The minimum Gasteiger partial charge on any atom is -0.365 e. The standard InChI is InChI=1S/C20H21N3O3S2/c1-11-15(12-6-4-3-5-7-12)16(17(21)25)19(28-11)22-18(26)13-10-27-20(2)9-8-14(24)23(13)20/h3-7,13H,8-10H2,1-2H3,(H2,21,25)(H,22,26). The molecular formula is C20H21N3O3S2. The largest absolute Gasteiger partial charge is 0.365 e. The summed E-state index contributed by atoms with van der Waals surface area (Å²) in [6, 6.07) is 8.98. The topological polar surface area (TPSA) is 92.5 Å². The van der Waals surface area contributed by atoms with Gasteiger partial charge in [-0.25, -0.2) is 0 Å². The number of nitrogens with two attached hydrogens (primary N) is 1. The van der Waals surface area contributed by atoms with Gasteiger partial charge in [-0.1, -0.05) is 30.3 Å². The first-order valence-corrected chi connectivity index (χ1v) is 10.9. The number of primary amides is 1. The molecule has 0 bridgehead atoms. The van der Waals surface area contributed by atoms with Gasteiger partial charge >= 0.3 is 0 Å². The first-order chi connectivity index (χ1) is 13.3. The van der Waals surface area contributed by atoms with Gasteiger partial charge in [0.1, 0.15) is 11.0 Å². The van der Waals surface area contributed by atoms with Crippen LogP contribution in [0, 0.1) is 6.92 Å². The number of fused-ring (bicyclic) bond motifs is 1. The summed E-state index contributed by atoms with van der Waals surface area (Å²) < 4.78 is 0. The van der Waals surface area contributed by atoms with Crippen molar-refractivity contribution in [3.05, 3.63) is 40.8 Å². The normalized spacial score (nSPS) is 23.7. The Morgan fingerprint density at radius 2 is 2.00 bits per heavy atom. The number of benzene rings is 1. The van der Waals surface area contributed by atoms with Gasteiger partial charge < -0.3 is 16.0 Å². The third-order valence-electron chi connectivity index (χ3n) is 5.38. The van der Waals surface area contributed by atoms with E-state index in [1.165, 1.54) is 11.3 Å². The molecule has 0 saturated carbocycles. The van der Waals surface area contributed by atoms with Gasteiger partial charge in [-0.05, 0) is 25.8 Å². The van der Waals surface area contributed by atoms with E-state index < -0.39 is 11.9 Å². The summed E-state index contributed by atoms with van der Waals surface area (Å²) in [5.74, 6) is -0.290. The molecule has 2 unspecified atom stereocenters. The molecule has 1 aromatic carbocycles. The molecule has 3 N–H and O–H groups in total. The van der Waals surface area contributed by atoms with Crippen LogP contribution >= 0.6 is 23.1 Å². The fourth-order valence-corrected chi connectivity index (χ4v) is 6.55. The van der Waals surface area contributed by atoms with Crippen LogP contribution < -0.4 is 11.1 Å². The SMILES string of the molecule is Cc1sc(NC(=O)C2CSC3(C)CCC(=O)N23)c(C(N)=O)c1-c1ccccc1. The maximum absolute atomic E-state index is 13.0. The number of amides is 3. The van der Waals surface area contributed by atoms with Crippen LogP contribution in [-0.4, -0.2) is 39.3 Å². The van der Waals surface area contributed by atoms with Crippen molar-refractivity contribution in [2.75, 3.05) is 11.1 Å². The van der Waals surface area contributed by atoms with Crippen LogP contribution in [0.1, 0.15) is 35.0 Å². The van der Waals surface area contributed by atoms with Gasteiger partial charge in [0.05, 0.1) is 10.4 Å². The van der Waals surface area contributed by atoms with E-state index in [4.69, 9.17) is 5.73 Å². The van der Waals surface area contributed by atoms with E-state index in [1.54, 1.807) is 16.7 Å². The lowest BCUT2D eigenvalue weighted by Gasteiger charge is -2.29. The zero-order chi connectivity index (χ0) is 20.1. The molecule has 28 heavy (non-hydrogen) atoms. The summed E-state index contributed by atoms with van der Waals surface area (Å²) in [4.78, 5) is 39.8. The molecule has 2 aliphatic rings. The van der Waals surface area contributed by atoms with Crippen LogP contribution in [0.3, 0.4) is 0 Å². The van der Waals surface area contributed by atoms with Crippen LogP contribution in [0.5, 0.6) is 0 Å². The van der Waals surface area contributed by atoms with Crippen molar-refractivity contribution in [2.45, 2.75) is 37.6 Å². The van der Waals surface area contributed by atoms with Crippen molar-refractivity contribution < 1.29 is 14.4 Å². The highest BCUT2D eigenvalue weighted by molar-refractivity contribution is 8.01. The second-order valence-electron chi connectivity index (χ2n) is 7.22. The Balaban J connectivity index is 1.66. The number of thioether (sulfide) groups is 1. The highest BCUT2D eigenvalue weighted by Gasteiger charge is 2.53. The number of hydrogen-bond donors (Lipinski definition) is 2. The minimum absolute atomic E-state index is 0.00936. The summed E-state index contributed by atoms with van der Waals surface area (Å²) in [6.45, 7) is 3.91. The molecule has 1 aromatic heterocycles. The van der Waals surface area contributed by atoms with Crippen molar-refractivity contribution in [3.8, 4) is 11.1 Å². The molecule has 0 radical (unpaired) electrons. The third kappa shape index (κ3) is 3.00. The molecule has 2 aromatic rings. The molecule has 2 fully saturated rings. The van der Waals surface area contributed by atoms with Crippen molar-refractivity contribution in [2.24, 2.45) is 5.73 Å². The molecule has 3 amide bonds. The van der Waals surface area contributed by atoms with Crippen LogP contribution in [0.2, 0.25) is 0 Å². The average molecular weight is 416 g/mol. The second-order valence-corrected chi connectivity index (χ2v) is 9.95. The molecule has 0 spiro atoms. The molecule has 2 atom stereocenters. The Labute approximate surface area is 171 Å². The van der Waals surface area contributed by atoms with E-state index in [1.807, 2.05) is 44.2 Å². The molecule has 2 aliphatic heterocycles. The zero-order valence-electron chi connectivity index (χ0n) is 15.7. The molecule has 2 saturated heterocycles. The third-order valence-corrected chi connectivity index (χ3v) is 7.90. The number of carbonyl (C=O) groups is 3. The Hall–Kier alpha value is -2.32. The maximum Gasteiger partial charge on any atom is 0.252 e. The number of carbonyl (C=O) groups excluding carboxylic acids is 3. The van der Waals surface area contributed by atoms with Gasteiger partial charge in [-0.15, -0.1) is 23.1 Å². The Kier molecular flexibility index (Phi) is 4.71. The molecule has 3 heterocycles. The van der Waals surface area contributed by atoms with Crippen molar-refractivity contribution >= 4 is 45.8 Å². The van der Waals surface area contributed by atoms with E-state index in [2.05, 4.69) is 5.32 Å². The number of nitrogens with zero attached hydrogens (tertiary/aromatic N) is 1. The molecular weight excluding hydrogens is 394 g/mol. The molecule has 0 aliphatic carbocycles. The van der Waals surface area contributed by atoms with Gasteiger partial charge in [0, 0.05) is 22.6 Å². The molecule has 146 valence electrons. The van der Waals surface area contributed by atoms with Crippen molar-refractivity contribution in [3.63, 3.8) is 0 Å². The summed E-state index contributed by atoms with van der Waals surface area (Å²) in [5, 5.41) is 3.33. The lowest BCUT2D eigenvalue weighted by atomic mass is 10.0. The smallest absolute Gasteiger partial charge is 0.252 e. The number of anilines is 1. The highest BCUT2D eigenvalue weighted by atomic mass is 32.2. The van der Waals surface area contributed by atoms with Gasteiger partial charge in [0.25, 0.3) is 5.91 Å². The van der Waals surface area contributed by atoms with Gasteiger partial charge in [-0.2, -0.15) is 0 Å². The summed E-state index contributed by atoms with van der Waals surface area (Å²) in [5.41, 5.74) is 7.62. The predicted molar refractivity (Wildman–Crippen MR) is 112 cm³/mol. The van der Waals surface area contributed by atoms with E-state index in [0.717, 1.165) is 22.4 Å². The van der Waals surface area contributed by atoms with Crippen LogP contribution in [0.15, 0.2) is 30.3 Å². The second kappa shape index (κ2) is 6.93. The lowest BCUT2D eigenvalue weighted by molar-refractivity contribution is -0.135. The van der Waals surface area contributed by atoms with Crippen molar-refractivity contribution in [1.82, 2.24) is 4.90 Å². The summed E-state index contributed by atoms with van der Waals surface area (Å²) in [7, 11) is 0. The molecule has 6 nitrogen and oxygen atoms in total. The maximum atomic E-state index is 13.0. The van der Waals surface area contributed by atoms with Crippen LogP contribution in [0.25, 0.3) is 11.1 Å². The number of thiophene rings is 1. The van der Waals surface area contributed by atoms with Gasteiger partial charge in [0.2, 0.25) is 11.8 Å². The minimum atomic E-state index is -0.582. The van der Waals surface area contributed by atoms with Gasteiger partial charge in [0.15, 0.2) is 0 Å². The van der Waals surface area contributed by atoms with Crippen LogP contribution in [-0.2, 0) is 9.59 Å². The summed E-state index contributed by atoms with van der Waals surface area (Å²) >= 11 is 2.97. The van der Waals surface area contributed by atoms with Crippen LogP contribution in [0.4, 0.5) is 5.00 Å². The van der Waals surface area contributed by atoms with E-state index in [-0.39, 0.29) is 16.7 Å².